The summed E-state index contributed by atoms with van der Waals surface area (Å²) in [4.78, 5) is 47.5. The number of amides is 2. The predicted molar refractivity (Wildman–Crippen MR) is 100 cm³/mol. The number of nitrogens with one attached hydrogen (secondary N) is 2. The molecule has 8 heteroatoms. The Morgan fingerprint density at radius 3 is 2.44 bits per heavy atom. The van der Waals surface area contributed by atoms with Crippen molar-refractivity contribution in [3.63, 3.8) is 0 Å². The smallest absolute Gasteiger partial charge is 0.325 e. The second-order valence-electron chi connectivity index (χ2n) is 5.74. The van der Waals surface area contributed by atoms with Crippen LogP contribution in [0.1, 0.15) is 22.2 Å². The van der Waals surface area contributed by atoms with Gasteiger partial charge in [-0.3, -0.25) is 19.2 Å². The normalized spacial score (nSPS) is 11.3. The zero-order chi connectivity index (χ0) is 19.6. The quantitative estimate of drug-likeness (QED) is 0.631. The van der Waals surface area contributed by atoms with E-state index < -0.39 is 24.5 Å². The van der Waals surface area contributed by atoms with Gasteiger partial charge < -0.3 is 15.4 Å². The highest BCUT2D eigenvalue weighted by molar-refractivity contribution is 7.12. The molecular formula is C19H20N2O5S. The number of hydrogen-bond donors (Lipinski definition) is 2. The highest BCUT2D eigenvalue weighted by atomic mass is 32.1. The molecule has 1 aromatic carbocycles. The van der Waals surface area contributed by atoms with E-state index in [1.165, 1.54) is 18.3 Å². The summed E-state index contributed by atoms with van der Waals surface area (Å²) in [6, 6.07) is 11.9. The number of carbonyl (C=O) groups excluding carboxylic acids is 4. The number of esters is 1. The number of ketones is 1. The first-order chi connectivity index (χ1) is 13.0. The first kappa shape index (κ1) is 20.3. The van der Waals surface area contributed by atoms with Gasteiger partial charge in [0.25, 0.3) is 11.8 Å². The lowest BCUT2D eigenvalue weighted by Gasteiger charge is -2.16. The Balaban J connectivity index is 1.74. The van der Waals surface area contributed by atoms with Gasteiger partial charge in [0.05, 0.1) is 10.9 Å². The van der Waals surface area contributed by atoms with E-state index in [1.54, 1.807) is 17.5 Å². The van der Waals surface area contributed by atoms with E-state index in [0.717, 1.165) is 5.56 Å². The Morgan fingerprint density at radius 1 is 1.07 bits per heavy atom. The Labute approximate surface area is 160 Å². The van der Waals surface area contributed by atoms with Crippen LogP contribution in [0.2, 0.25) is 0 Å². The monoisotopic (exact) mass is 388 g/mol. The molecule has 1 atom stereocenters. The van der Waals surface area contributed by atoms with Crippen LogP contribution in [0.5, 0.6) is 0 Å². The van der Waals surface area contributed by atoms with Crippen molar-refractivity contribution in [1.82, 2.24) is 10.6 Å². The molecule has 0 saturated heterocycles. The molecule has 27 heavy (non-hydrogen) atoms. The van der Waals surface area contributed by atoms with Crippen LogP contribution >= 0.6 is 11.3 Å². The van der Waals surface area contributed by atoms with Crippen molar-refractivity contribution in [2.75, 3.05) is 13.2 Å². The second-order valence-corrected chi connectivity index (χ2v) is 6.69. The molecule has 0 aliphatic heterocycles. The van der Waals surface area contributed by atoms with E-state index in [0.29, 0.717) is 11.3 Å². The van der Waals surface area contributed by atoms with E-state index in [2.05, 4.69) is 10.6 Å². The molecule has 2 amide bonds. The number of Topliss-reactive ketones (excluding diaryl/α,β-unsaturated/α-hetero) is 1. The van der Waals surface area contributed by atoms with Crippen molar-refractivity contribution in [3.8, 4) is 0 Å². The van der Waals surface area contributed by atoms with Crippen molar-refractivity contribution >= 4 is 34.9 Å². The van der Waals surface area contributed by atoms with Crippen LogP contribution in [0.4, 0.5) is 0 Å². The van der Waals surface area contributed by atoms with E-state index in [4.69, 9.17) is 4.74 Å². The summed E-state index contributed by atoms with van der Waals surface area (Å²) in [7, 11) is 0. The molecule has 2 rings (SSSR count). The van der Waals surface area contributed by atoms with Gasteiger partial charge in [0.2, 0.25) is 0 Å². The fourth-order valence-electron chi connectivity index (χ4n) is 2.23. The topological polar surface area (TPSA) is 102 Å². The molecule has 7 nitrogen and oxygen atoms in total. The summed E-state index contributed by atoms with van der Waals surface area (Å²) in [6.45, 7) is 0.524. The highest BCUT2D eigenvalue weighted by Gasteiger charge is 2.18. The molecule has 0 spiro atoms. The van der Waals surface area contributed by atoms with Gasteiger partial charge in [-0.25, -0.2) is 0 Å². The third-order valence-corrected chi connectivity index (χ3v) is 4.48. The molecule has 0 aliphatic carbocycles. The molecule has 0 saturated carbocycles. The average Bonchev–Trinajstić information content (AvgIpc) is 3.19. The van der Waals surface area contributed by atoms with E-state index in [1.807, 2.05) is 30.3 Å². The van der Waals surface area contributed by atoms with E-state index >= 15 is 0 Å². The Hall–Kier alpha value is -3.00. The SMILES string of the molecule is CC(=O)[C@@H](Cc1ccccc1)NC(=O)COC(=O)CNC(=O)c1cccs1. The maximum absolute atomic E-state index is 12.0. The highest BCUT2D eigenvalue weighted by Crippen LogP contribution is 2.07. The summed E-state index contributed by atoms with van der Waals surface area (Å²) in [5, 5.41) is 6.72. The Morgan fingerprint density at radius 2 is 1.81 bits per heavy atom. The minimum atomic E-state index is -0.738. The summed E-state index contributed by atoms with van der Waals surface area (Å²) in [5.41, 5.74) is 0.909. The van der Waals surface area contributed by atoms with Crippen molar-refractivity contribution in [1.29, 1.82) is 0 Å². The molecule has 0 fully saturated rings. The van der Waals surface area contributed by atoms with Gasteiger partial charge >= 0.3 is 5.97 Å². The van der Waals surface area contributed by atoms with E-state index in [-0.39, 0.29) is 18.2 Å². The first-order valence-electron chi connectivity index (χ1n) is 8.26. The van der Waals surface area contributed by atoms with Crippen LogP contribution in [-0.2, 0) is 25.5 Å². The largest absolute Gasteiger partial charge is 0.454 e. The number of carbonyl (C=O) groups is 4. The number of ether oxygens (including phenoxy) is 1. The van der Waals surface area contributed by atoms with Crippen LogP contribution < -0.4 is 10.6 Å². The van der Waals surface area contributed by atoms with Crippen LogP contribution in [0, 0.1) is 0 Å². The predicted octanol–water partition coefficient (Wildman–Crippen LogP) is 1.34. The molecule has 142 valence electrons. The standard InChI is InChI=1S/C19H20N2O5S/c1-13(22)15(10-14-6-3-2-4-7-14)21-17(23)12-26-18(24)11-20-19(25)16-8-5-9-27-16/h2-9,15H,10-12H2,1H3,(H,20,25)(H,21,23)/t15-/m1/s1. The van der Waals surface area contributed by atoms with Crippen molar-refractivity contribution in [3.05, 3.63) is 58.3 Å². The lowest BCUT2D eigenvalue weighted by atomic mass is 10.0. The fraction of sp³-hybridized carbons (Fsp3) is 0.263. The zero-order valence-electron chi connectivity index (χ0n) is 14.8. The molecule has 1 aromatic heterocycles. The molecule has 2 aromatic rings. The third kappa shape index (κ3) is 7.02. The van der Waals surface area contributed by atoms with Gasteiger partial charge in [-0.05, 0) is 30.4 Å². The fourth-order valence-corrected chi connectivity index (χ4v) is 2.87. The molecule has 0 bridgehead atoms. The number of benzene rings is 1. The van der Waals surface area contributed by atoms with Gasteiger partial charge in [-0.15, -0.1) is 11.3 Å². The molecule has 2 N–H and O–H groups in total. The van der Waals surface area contributed by atoms with Crippen molar-refractivity contribution < 1.29 is 23.9 Å². The Kier molecular flexibility index (Phi) is 7.69. The molecule has 0 radical (unpaired) electrons. The minimum Gasteiger partial charge on any atom is -0.454 e. The van der Waals surface area contributed by atoms with Crippen LogP contribution in [0.15, 0.2) is 47.8 Å². The Bertz CT molecular complexity index is 790. The molecule has 0 unspecified atom stereocenters. The van der Waals surface area contributed by atoms with Gasteiger partial charge in [-0.2, -0.15) is 0 Å². The van der Waals surface area contributed by atoms with Crippen LogP contribution in [-0.4, -0.2) is 42.8 Å². The van der Waals surface area contributed by atoms with Gasteiger partial charge in [0.1, 0.15) is 6.54 Å². The average molecular weight is 388 g/mol. The minimum absolute atomic E-state index is 0.193. The summed E-state index contributed by atoms with van der Waals surface area (Å²) in [5.74, 6) is -1.89. The van der Waals surface area contributed by atoms with Gasteiger partial charge in [0, 0.05) is 0 Å². The maximum atomic E-state index is 12.0. The van der Waals surface area contributed by atoms with Crippen LogP contribution in [0.25, 0.3) is 0 Å². The number of hydrogen-bond acceptors (Lipinski definition) is 6. The number of rotatable bonds is 9. The van der Waals surface area contributed by atoms with Crippen molar-refractivity contribution in [2.45, 2.75) is 19.4 Å². The maximum Gasteiger partial charge on any atom is 0.325 e. The molecule has 1 heterocycles. The lowest BCUT2D eigenvalue weighted by molar-refractivity contribution is -0.147. The van der Waals surface area contributed by atoms with Gasteiger partial charge in [0.15, 0.2) is 12.4 Å². The van der Waals surface area contributed by atoms with E-state index in [9.17, 15) is 19.2 Å². The zero-order valence-corrected chi connectivity index (χ0v) is 15.6. The van der Waals surface area contributed by atoms with Crippen LogP contribution in [0.3, 0.4) is 0 Å². The summed E-state index contributed by atoms with van der Waals surface area (Å²) >= 11 is 1.25. The third-order valence-electron chi connectivity index (χ3n) is 3.61. The lowest BCUT2D eigenvalue weighted by Crippen LogP contribution is -2.43. The number of thiophene rings is 1. The second kappa shape index (κ2) is 10.2. The molecule has 0 aliphatic rings. The van der Waals surface area contributed by atoms with Gasteiger partial charge in [-0.1, -0.05) is 36.4 Å². The van der Waals surface area contributed by atoms with Crippen molar-refractivity contribution in [2.24, 2.45) is 0 Å². The summed E-state index contributed by atoms with van der Waals surface area (Å²) < 4.78 is 4.83. The summed E-state index contributed by atoms with van der Waals surface area (Å²) in [6.07, 6.45) is 0.354. The first-order valence-corrected chi connectivity index (χ1v) is 9.14. The molecular weight excluding hydrogens is 368 g/mol.